The molecule has 1 amide bonds. The number of nitrogens with one attached hydrogen (secondary N) is 1. The highest BCUT2D eigenvalue weighted by Crippen LogP contribution is 2.25. The van der Waals surface area contributed by atoms with Crippen LogP contribution in [-0.4, -0.2) is 21.5 Å². The van der Waals surface area contributed by atoms with Gasteiger partial charge in [0.1, 0.15) is 6.04 Å². The smallest absolute Gasteiger partial charge is 0.243 e. The molecule has 0 spiro atoms. The van der Waals surface area contributed by atoms with Gasteiger partial charge in [0.2, 0.25) is 5.91 Å². The summed E-state index contributed by atoms with van der Waals surface area (Å²) in [4.78, 5) is 17.7. The van der Waals surface area contributed by atoms with E-state index in [-0.39, 0.29) is 18.0 Å². The highest BCUT2D eigenvalue weighted by Gasteiger charge is 2.20. The summed E-state index contributed by atoms with van der Waals surface area (Å²) in [6, 6.07) is 3.97. The van der Waals surface area contributed by atoms with Gasteiger partial charge < -0.3 is 9.88 Å². The fourth-order valence-corrected chi connectivity index (χ4v) is 2.94. The van der Waals surface area contributed by atoms with Gasteiger partial charge in [0, 0.05) is 18.4 Å². The minimum absolute atomic E-state index is 0.0433. The number of amides is 1. The van der Waals surface area contributed by atoms with Crippen LogP contribution in [0, 0.1) is 0 Å². The standard InChI is InChI=1S/C15H21N3OS/c1-4-6-11(2)17-15(19)12(3)18-9-8-16-14(18)13-7-5-10-20-13/h5,7-12H,4,6H2,1-3H3,(H,17,19). The van der Waals surface area contributed by atoms with Crippen LogP contribution in [0.2, 0.25) is 0 Å². The second-order valence-corrected chi connectivity index (χ2v) is 5.96. The molecule has 2 aromatic heterocycles. The quantitative estimate of drug-likeness (QED) is 0.885. The Morgan fingerprint density at radius 3 is 2.95 bits per heavy atom. The maximum atomic E-state index is 12.3. The molecule has 0 aromatic carbocycles. The number of imidazole rings is 1. The molecule has 0 aliphatic carbocycles. The van der Waals surface area contributed by atoms with E-state index >= 15 is 0 Å². The van der Waals surface area contributed by atoms with Crippen LogP contribution in [-0.2, 0) is 4.79 Å². The maximum Gasteiger partial charge on any atom is 0.243 e. The van der Waals surface area contributed by atoms with Crippen molar-refractivity contribution in [2.75, 3.05) is 0 Å². The minimum Gasteiger partial charge on any atom is -0.352 e. The van der Waals surface area contributed by atoms with E-state index in [0.29, 0.717) is 0 Å². The van der Waals surface area contributed by atoms with E-state index in [9.17, 15) is 4.79 Å². The SMILES string of the molecule is CCCC(C)NC(=O)C(C)n1ccnc1-c1cccs1. The molecule has 0 fully saturated rings. The molecule has 0 aliphatic rings. The third kappa shape index (κ3) is 3.28. The summed E-state index contributed by atoms with van der Waals surface area (Å²) in [7, 11) is 0. The Bertz CT molecular complexity index is 547. The van der Waals surface area contributed by atoms with Crippen molar-refractivity contribution in [1.29, 1.82) is 0 Å². The molecule has 0 aliphatic heterocycles. The van der Waals surface area contributed by atoms with Crippen molar-refractivity contribution in [3.8, 4) is 10.7 Å². The van der Waals surface area contributed by atoms with Crippen LogP contribution in [0.25, 0.3) is 10.7 Å². The van der Waals surface area contributed by atoms with Crippen LogP contribution in [0.15, 0.2) is 29.9 Å². The van der Waals surface area contributed by atoms with E-state index in [1.54, 1.807) is 17.5 Å². The monoisotopic (exact) mass is 291 g/mol. The van der Waals surface area contributed by atoms with E-state index in [1.807, 2.05) is 42.1 Å². The topological polar surface area (TPSA) is 46.9 Å². The van der Waals surface area contributed by atoms with Gasteiger partial charge in [-0.05, 0) is 31.7 Å². The zero-order chi connectivity index (χ0) is 14.5. The molecule has 1 N–H and O–H groups in total. The van der Waals surface area contributed by atoms with Crippen LogP contribution in [0.4, 0.5) is 0 Å². The third-order valence-corrected chi connectivity index (χ3v) is 4.18. The van der Waals surface area contributed by atoms with Crippen molar-refractivity contribution in [2.45, 2.75) is 45.7 Å². The van der Waals surface area contributed by atoms with Crippen LogP contribution in [0.3, 0.4) is 0 Å². The summed E-state index contributed by atoms with van der Waals surface area (Å²) in [5.74, 6) is 0.896. The Hall–Kier alpha value is -1.62. The Morgan fingerprint density at radius 2 is 2.30 bits per heavy atom. The molecule has 0 saturated heterocycles. The van der Waals surface area contributed by atoms with E-state index in [1.165, 1.54) is 0 Å². The predicted molar refractivity (Wildman–Crippen MR) is 82.8 cm³/mol. The largest absolute Gasteiger partial charge is 0.352 e. The highest BCUT2D eigenvalue weighted by molar-refractivity contribution is 7.13. The molecule has 2 heterocycles. The average Bonchev–Trinajstić information content (AvgIpc) is 3.08. The van der Waals surface area contributed by atoms with Crippen molar-refractivity contribution in [2.24, 2.45) is 0 Å². The molecule has 5 heteroatoms. The number of nitrogens with zero attached hydrogens (tertiary/aromatic N) is 2. The Kier molecular flexibility index (Phi) is 4.95. The lowest BCUT2D eigenvalue weighted by molar-refractivity contribution is -0.124. The number of aromatic nitrogens is 2. The Morgan fingerprint density at radius 1 is 1.50 bits per heavy atom. The van der Waals surface area contributed by atoms with Gasteiger partial charge in [0.15, 0.2) is 5.82 Å². The van der Waals surface area contributed by atoms with Crippen molar-refractivity contribution in [3.63, 3.8) is 0 Å². The Labute approximate surface area is 123 Å². The van der Waals surface area contributed by atoms with Crippen molar-refractivity contribution in [3.05, 3.63) is 29.9 Å². The number of hydrogen-bond acceptors (Lipinski definition) is 3. The lowest BCUT2D eigenvalue weighted by Gasteiger charge is -2.19. The zero-order valence-corrected chi connectivity index (χ0v) is 13.0. The highest BCUT2D eigenvalue weighted by atomic mass is 32.1. The molecule has 20 heavy (non-hydrogen) atoms. The van der Waals surface area contributed by atoms with E-state index < -0.39 is 0 Å². The number of carbonyl (C=O) groups excluding carboxylic acids is 1. The summed E-state index contributed by atoms with van der Waals surface area (Å²) >= 11 is 1.63. The van der Waals surface area contributed by atoms with E-state index in [0.717, 1.165) is 23.5 Å². The molecule has 2 unspecified atom stereocenters. The first-order valence-electron chi connectivity index (χ1n) is 7.00. The van der Waals surface area contributed by atoms with Crippen LogP contribution in [0.1, 0.15) is 39.7 Å². The molecule has 108 valence electrons. The first-order chi connectivity index (χ1) is 9.63. The number of carbonyl (C=O) groups is 1. The molecule has 2 aromatic rings. The molecule has 0 radical (unpaired) electrons. The van der Waals surface area contributed by atoms with Gasteiger partial charge in [-0.3, -0.25) is 4.79 Å². The first kappa shape index (κ1) is 14.8. The van der Waals surface area contributed by atoms with E-state index in [4.69, 9.17) is 0 Å². The Balaban J connectivity index is 2.12. The van der Waals surface area contributed by atoms with Gasteiger partial charge in [-0.2, -0.15) is 0 Å². The van der Waals surface area contributed by atoms with Crippen molar-refractivity contribution >= 4 is 17.2 Å². The average molecular weight is 291 g/mol. The third-order valence-electron chi connectivity index (χ3n) is 3.32. The van der Waals surface area contributed by atoms with Gasteiger partial charge in [-0.25, -0.2) is 4.98 Å². The summed E-state index contributed by atoms with van der Waals surface area (Å²) in [5, 5.41) is 5.07. The fraction of sp³-hybridized carbons (Fsp3) is 0.467. The lowest BCUT2D eigenvalue weighted by Crippen LogP contribution is -2.37. The molecule has 4 nitrogen and oxygen atoms in total. The van der Waals surface area contributed by atoms with Gasteiger partial charge in [-0.1, -0.05) is 19.4 Å². The molecule has 2 atom stereocenters. The van der Waals surface area contributed by atoms with Gasteiger partial charge >= 0.3 is 0 Å². The number of thiophene rings is 1. The second-order valence-electron chi connectivity index (χ2n) is 5.01. The predicted octanol–water partition coefficient (Wildman–Crippen LogP) is 3.48. The molecule has 0 bridgehead atoms. The van der Waals surface area contributed by atoms with Crippen LogP contribution in [0.5, 0.6) is 0 Å². The van der Waals surface area contributed by atoms with Gasteiger partial charge in [-0.15, -0.1) is 11.3 Å². The lowest BCUT2D eigenvalue weighted by atomic mass is 10.2. The van der Waals surface area contributed by atoms with Crippen LogP contribution < -0.4 is 5.32 Å². The molecule has 2 rings (SSSR count). The molecular formula is C15H21N3OS. The maximum absolute atomic E-state index is 12.3. The van der Waals surface area contributed by atoms with Crippen molar-refractivity contribution in [1.82, 2.24) is 14.9 Å². The van der Waals surface area contributed by atoms with Gasteiger partial charge in [0.05, 0.1) is 4.88 Å². The summed E-state index contributed by atoms with van der Waals surface area (Å²) < 4.78 is 1.93. The number of hydrogen-bond donors (Lipinski definition) is 1. The number of rotatable bonds is 6. The van der Waals surface area contributed by atoms with Crippen LogP contribution >= 0.6 is 11.3 Å². The zero-order valence-electron chi connectivity index (χ0n) is 12.2. The van der Waals surface area contributed by atoms with Gasteiger partial charge in [0.25, 0.3) is 0 Å². The van der Waals surface area contributed by atoms with E-state index in [2.05, 4.69) is 17.2 Å². The normalized spacial score (nSPS) is 13.9. The first-order valence-corrected chi connectivity index (χ1v) is 7.88. The summed E-state index contributed by atoms with van der Waals surface area (Å²) in [6.07, 6.45) is 5.68. The second kappa shape index (κ2) is 6.70. The summed E-state index contributed by atoms with van der Waals surface area (Å²) in [6.45, 7) is 6.08. The molecule has 0 saturated carbocycles. The molecular weight excluding hydrogens is 270 g/mol. The minimum atomic E-state index is -0.256. The van der Waals surface area contributed by atoms with Crippen molar-refractivity contribution < 1.29 is 4.79 Å². The fourth-order valence-electron chi connectivity index (χ4n) is 2.22. The summed E-state index contributed by atoms with van der Waals surface area (Å²) in [5.41, 5.74) is 0.